The molecular formula is C19H19ClN2O3. The van der Waals surface area contributed by atoms with Gasteiger partial charge in [0.2, 0.25) is 0 Å². The van der Waals surface area contributed by atoms with E-state index < -0.39 is 0 Å². The average Bonchev–Trinajstić information content (AvgIpc) is 2.86. The topological polar surface area (TPSA) is 49.9 Å². The summed E-state index contributed by atoms with van der Waals surface area (Å²) in [7, 11) is 1.93. The van der Waals surface area contributed by atoms with Crippen LogP contribution in [0.15, 0.2) is 48.5 Å². The minimum absolute atomic E-state index is 0.216. The van der Waals surface area contributed by atoms with Gasteiger partial charge in [0.05, 0.1) is 11.1 Å². The molecule has 0 fully saturated rings. The maximum absolute atomic E-state index is 12.3. The van der Waals surface area contributed by atoms with E-state index in [1.807, 2.05) is 24.1 Å². The summed E-state index contributed by atoms with van der Waals surface area (Å²) in [6.07, 6.45) is 0. The van der Waals surface area contributed by atoms with Crippen molar-refractivity contribution in [2.75, 3.05) is 33.3 Å². The lowest BCUT2D eigenvalue weighted by molar-refractivity contribution is 0.0639. The van der Waals surface area contributed by atoms with Crippen molar-refractivity contribution < 1.29 is 14.3 Å². The van der Waals surface area contributed by atoms with Crippen molar-refractivity contribution >= 4 is 23.4 Å². The summed E-state index contributed by atoms with van der Waals surface area (Å²) in [5, 5.41) is 0.672. The molecule has 0 unspecified atom stereocenters. The second-order valence-electron chi connectivity index (χ2n) is 5.91. The fraction of sp³-hybridized carbons (Fsp3) is 0.263. The van der Waals surface area contributed by atoms with Crippen molar-refractivity contribution in [1.82, 2.24) is 9.80 Å². The molecule has 130 valence electrons. The third-order valence-corrected chi connectivity index (χ3v) is 4.39. The molecule has 0 N–H and O–H groups in total. The van der Waals surface area contributed by atoms with Gasteiger partial charge in [-0.1, -0.05) is 23.7 Å². The predicted octanol–water partition coefficient (Wildman–Crippen LogP) is 2.95. The van der Waals surface area contributed by atoms with Gasteiger partial charge in [-0.3, -0.25) is 14.5 Å². The van der Waals surface area contributed by atoms with Crippen molar-refractivity contribution in [1.29, 1.82) is 0 Å². The predicted molar refractivity (Wildman–Crippen MR) is 96.3 cm³/mol. The van der Waals surface area contributed by atoms with E-state index in [1.54, 1.807) is 36.4 Å². The van der Waals surface area contributed by atoms with Gasteiger partial charge < -0.3 is 9.64 Å². The zero-order valence-corrected chi connectivity index (χ0v) is 14.7. The Balaban J connectivity index is 1.45. The number of amides is 2. The van der Waals surface area contributed by atoms with Crippen molar-refractivity contribution in [3.05, 3.63) is 64.7 Å². The van der Waals surface area contributed by atoms with Crippen LogP contribution in [0.25, 0.3) is 0 Å². The minimum Gasteiger partial charge on any atom is -0.492 e. The van der Waals surface area contributed by atoms with Gasteiger partial charge >= 0.3 is 0 Å². The molecule has 3 rings (SSSR count). The largest absolute Gasteiger partial charge is 0.492 e. The SMILES string of the molecule is CN(CCOc1ccc(Cl)cc1)CCN1C(=O)c2ccccc2C1=O. The molecule has 0 aromatic heterocycles. The molecule has 0 atom stereocenters. The number of carbonyl (C=O) groups is 2. The standard InChI is InChI=1S/C19H19ClN2O3/c1-21(12-13-25-15-8-6-14(20)7-9-15)10-11-22-18(23)16-4-2-3-5-17(16)19(22)24/h2-9H,10-13H2,1H3. The highest BCUT2D eigenvalue weighted by Gasteiger charge is 2.34. The monoisotopic (exact) mass is 358 g/mol. The number of fused-ring (bicyclic) bond motifs is 1. The first-order valence-electron chi connectivity index (χ1n) is 8.08. The highest BCUT2D eigenvalue weighted by atomic mass is 35.5. The Morgan fingerprint density at radius 3 is 2.16 bits per heavy atom. The fourth-order valence-electron chi connectivity index (χ4n) is 2.67. The first-order valence-corrected chi connectivity index (χ1v) is 8.46. The van der Waals surface area contributed by atoms with Crippen LogP contribution in [0.1, 0.15) is 20.7 Å². The lowest BCUT2D eigenvalue weighted by Crippen LogP contribution is -2.38. The Labute approximate surface area is 151 Å². The normalized spacial score (nSPS) is 13.5. The van der Waals surface area contributed by atoms with E-state index in [1.165, 1.54) is 4.90 Å². The maximum Gasteiger partial charge on any atom is 0.261 e. The van der Waals surface area contributed by atoms with E-state index in [-0.39, 0.29) is 11.8 Å². The van der Waals surface area contributed by atoms with Crippen molar-refractivity contribution in [2.45, 2.75) is 0 Å². The van der Waals surface area contributed by atoms with Gasteiger partial charge in [0.1, 0.15) is 12.4 Å². The number of likely N-dealkylation sites (N-methyl/N-ethyl adjacent to an activating group) is 1. The zero-order chi connectivity index (χ0) is 17.8. The molecule has 0 radical (unpaired) electrons. The highest BCUT2D eigenvalue weighted by molar-refractivity contribution is 6.30. The van der Waals surface area contributed by atoms with Crippen molar-refractivity contribution in [3.63, 3.8) is 0 Å². The van der Waals surface area contributed by atoms with Crippen LogP contribution < -0.4 is 4.74 Å². The molecule has 1 aliphatic rings. The van der Waals surface area contributed by atoms with Crippen LogP contribution >= 0.6 is 11.6 Å². The van der Waals surface area contributed by atoms with E-state index in [2.05, 4.69) is 0 Å². The first kappa shape index (κ1) is 17.5. The quantitative estimate of drug-likeness (QED) is 0.714. The number of halogens is 1. The molecule has 0 spiro atoms. The number of hydrogen-bond acceptors (Lipinski definition) is 4. The van der Waals surface area contributed by atoms with Crippen LogP contribution in [-0.2, 0) is 0 Å². The Bertz CT molecular complexity index is 741. The van der Waals surface area contributed by atoms with Crippen LogP contribution in [0.5, 0.6) is 5.75 Å². The second kappa shape index (κ2) is 7.68. The number of imide groups is 1. The number of benzene rings is 2. The van der Waals surface area contributed by atoms with Gasteiger partial charge in [0, 0.05) is 24.7 Å². The van der Waals surface area contributed by atoms with E-state index in [9.17, 15) is 9.59 Å². The highest BCUT2D eigenvalue weighted by Crippen LogP contribution is 2.22. The molecule has 1 heterocycles. The summed E-state index contributed by atoms with van der Waals surface area (Å²) in [4.78, 5) is 27.9. The Hall–Kier alpha value is -2.37. The van der Waals surface area contributed by atoms with Gasteiger partial charge in [-0.05, 0) is 43.4 Å². The summed E-state index contributed by atoms with van der Waals surface area (Å²) in [6, 6.07) is 14.1. The van der Waals surface area contributed by atoms with Gasteiger partial charge in [0.15, 0.2) is 0 Å². The number of nitrogens with zero attached hydrogens (tertiary/aromatic N) is 2. The number of carbonyl (C=O) groups excluding carboxylic acids is 2. The summed E-state index contributed by atoms with van der Waals surface area (Å²) in [6.45, 7) is 2.16. The van der Waals surface area contributed by atoms with Gasteiger partial charge in [-0.15, -0.1) is 0 Å². The Morgan fingerprint density at radius 2 is 1.56 bits per heavy atom. The second-order valence-corrected chi connectivity index (χ2v) is 6.35. The Morgan fingerprint density at radius 1 is 0.960 bits per heavy atom. The molecule has 2 aromatic carbocycles. The maximum atomic E-state index is 12.3. The molecule has 2 amide bonds. The molecule has 25 heavy (non-hydrogen) atoms. The average molecular weight is 359 g/mol. The molecule has 0 saturated heterocycles. The molecule has 2 aromatic rings. The summed E-state index contributed by atoms with van der Waals surface area (Å²) < 4.78 is 5.65. The number of hydrogen-bond donors (Lipinski definition) is 0. The lowest BCUT2D eigenvalue weighted by atomic mass is 10.1. The van der Waals surface area contributed by atoms with Crippen LogP contribution in [0.4, 0.5) is 0 Å². The van der Waals surface area contributed by atoms with Gasteiger partial charge in [0.25, 0.3) is 11.8 Å². The fourth-order valence-corrected chi connectivity index (χ4v) is 2.80. The molecule has 1 aliphatic heterocycles. The molecule has 0 saturated carbocycles. The third kappa shape index (κ3) is 4.00. The van der Waals surface area contributed by atoms with Crippen molar-refractivity contribution in [3.8, 4) is 5.75 Å². The zero-order valence-electron chi connectivity index (χ0n) is 13.9. The van der Waals surface area contributed by atoms with Crippen LogP contribution in [0.3, 0.4) is 0 Å². The smallest absolute Gasteiger partial charge is 0.261 e. The van der Waals surface area contributed by atoms with E-state index >= 15 is 0 Å². The lowest BCUT2D eigenvalue weighted by Gasteiger charge is -2.20. The molecular weight excluding hydrogens is 340 g/mol. The van der Waals surface area contributed by atoms with E-state index in [0.29, 0.717) is 42.4 Å². The summed E-state index contributed by atoms with van der Waals surface area (Å²) >= 11 is 5.83. The summed E-state index contributed by atoms with van der Waals surface area (Å²) in [5.41, 5.74) is 0.974. The van der Waals surface area contributed by atoms with Gasteiger partial charge in [-0.25, -0.2) is 0 Å². The number of rotatable bonds is 7. The summed E-state index contributed by atoms with van der Waals surface area (Å²) in [5.74, 6) is 0.330. The first-order chi connectivity index (χ1) is 12.1. The van der Waals surface area contributed by atoms with Gasteiger partial charge in [-0.2, -0.15) is 0 Å². The molecule has 0 bridgehead atoms. The van der Waals surface area contributed by atoms with Crippen LogP contribution in [0.2, 0.25) is 5.02 Å². The third-order valence-electron chi connectivity index (χ3n) is 4.14. The van der Waals surface area contributed by atoms with Crippen molar-refractivity contribution in [2.24, 2.45) is 0 Å². The minimum atomic E-state index is -0.216. The molecule has 0 aliphatic carbocycles. The van der Waals surface area contributed by atoms with E-state index in [4.69, 9.17) is 16.3 Å². The van der Waals surface area contributed by atoms with Crippen LogP contribution in [0, 0.1) is 0 Å². The molecule has 6 heteroatoms. The van der Waals surface area contributed by atoms with Crippen LogP contribution in [-0.4, -0.2) is 54.9 Å². The Kier molecular flexibility index (Phi) is 5.36. The van der Waals surface area contributed by atoms with E-state index in [0.717, 1.165) is 5.75 Å². The molecule has 5 nitrogen and oxygen atoms in total. The number of ether oxygens (including phenoxy) is 1.